The summed E-state index contributed by atoms with van der Waals surface area (Å²) in [6, 6.07) is -0.253. The summed E-state index contributed by atoms with van der Waals surface area (Å²) >= 11 is 0. The number of aliphatic hydroxyl groups excluding tert-OH is 1. The number of likely N-dealkylation sites (tertiary alicyclic amines) is 1. The van der Waals surface area contributed by atoms with Gasteiger partial charge in [-0.15, -0.1) is 0 Å². The van der Waals surface area contributed by atoms with Crippen LogP contribution in [0, 0.1) is 5.41 Å². The van der Waals surface area contributed by atoms with Gasteiger partial charge in [0.1, 0.15) is 0 Å². The molecule has 15 heavy (non-hydrogen) atoms. The van der Waals surface area contributed by atoms with Crippen molar-refractivity contribution in [3.8, 4) is 0 Å². The highest BCUT2D eigenvalue weighted by Gasteiger charge is 2.38. The van der Waals surface area contributed by atoms with Gasteiger partial charge in [0.05, 0.1) is 6.04 Å². The molecule has 88 valence electrons. The van der Waals surface area contributed by atoms with Gasteiger partial charge in [-0.1, -0.05) is 20.8 Å². The van der Waals surface area contributed by atoms with Crippen LogP contribution in [0.4, 0.5) is 0 Å². The highest BCUT2D eigenvalue weighted by molar-refractivity contribution is 5.84. The number of amides is 1. The second-order valence-electron chi connectivity index (χ2n) is 5.32. The molecule has 1 fully saturated rings. The van der Waals surface area contributed by atoms with Crippen LogP contribution in [0.5, 0.6) is 0 Å². The normalized spacial score (nSPS) is 24.7. The minimum absolute atomic E-state index is 0.0115. The van der Waals surface area contributed by atoms with E-state index < -0.39 is 0 Å². The molecule has 0 radical (unpaired) electrons. The highest BCUT2D eigenvalue weighted by atomic mass is 16.3. The van der Waals surface area contributed by atoms with Crippen molar-refractivity contribution in [3.63, 3.8) is 0 Å². The molecule has 0 bridgehead atoms. The maximum Gasteiger partial charge on any atom is 0.239 e. The Bertz CT molecular complexity index is 235. The first kappa shape index (κ1) is 12.5. The molecule has 0 aromatic carbocycles. The lowest BCUT2D eigenvalue weighted by Crippen LogP contribution is -2.47. The summed E-state index contributed by atoms with van der Waals surface area (Å²) in [5.74, 6) is 0.0309. The third-order valence-electron chi connectivity index (χ3n) is 3.06. The average Bonchev–Trinajstić information content (AvgIpc) is 2.43. The summed E-state index contributed by atoms with van der Waals surface area (Å²) in [5.41, 5.74) is 5.68. The van der Waals surface area contributed by atoms with E-state index in [9.17, 15) is 4.79 Å². The van der Waals surface area contributed by atoms with E-state index in [0.717, 1.165) is 13.0 Å². The predicted octanol–water partition coefficient (Wildman–Crippen LogP) is 0.343. The summed E-state index contributed by atoms with van der Waals surface area (Å²) in [5, 5.41) is 9.04. The molecule has 0 spiro atoms. The van der Waals surface area contributed by atoms with Crippen molar-refractivity contribution in [2.24, 2.45) is 11.1 Å². The van der Waals surface area contributed by atoms with Crippen molar-refractivity contribution in [1.82, 2.24) is 4.90 Å². The van der Waals surface area contributed by atoms with Crippen LogP contribution in [-0.2, 0) is 4.79 Å². The van der Waals surface area contributed by atoms with E-state index in [1.54, 1.807) is 0 Å². The lowest BCUT2D eigenvalue weighted by Gasteiger charge is -2.37. The lowest BCUT2D eigenvalue weighted by atomic mass is 9.84. The smallest absolute Gasteiger partial charge is 0.239 e. The highest BCUT2D eigenvalue weighted by Crippen LogP contribution is 2.29. The monoisotopic (exact) mass is 214 g/mol. The van der Waals surface area contributed by atoms with Crippen LogP contribution in [0.2, 0.25) is 0 Å². The van der Waals surface area contributed by atoms with E-state index in [1.165, 1.54) is 0 Å². The molecule has 4 heteroatoms. The van der Waals surface area contributed by atoms with Crippen LogP contribution >= 0.6 is 0 Å². The fourth-order valence-corrected chi connectivity index (χ4v) is 2.21. The van der Waals surface area contributed by atoms with E-state index in [4.69, 9.17) is 10.8 Å². The number of carbonyl (C=O) groups is 1. The maximum atomic E-state index is 11.8. The first-order valence-corrected chi connectivity index (χ1v) is 5.55. The molecule has 0 aromatic heterocycles. The van der Waals surface area contributed by atoms with Gasteiger partial charge in [0, 0.05) is 19.2 Å². The molecule has 1 aliphatic rings. The number of rotatable bonds is 3. The largest absolute Gasteiger partial charge is 0.396 e. The first-order valence-electron chi connectivity index (χ1n) is 5.55. The zero-order valence-electron chi connectivity index (χ0n) is 9.86. The van der Waals surface area contributed by atoms with Gasteiger partial charge >= 0.3 is 0 Å². The van der Waals surface area contributed by atoms with Crippen molar-refractivity contribution in [2.75, 3.05) is 13.2 Å². The molecule has 1 heterocycles. The standard InChI is InChI=1S/C11H22N2O2/c1-11(2,3)9(5-7-14)13-6-4-8(12)10(13)15/h8-9,14H,4-7,12H2,1-3H3. The van der Waals surface area contributed by atoms with E-state index in [-0.39, 0.29) is 30.0 Å². The van der Waals surface area contributed by atoms with Crippen LogP contribution in [0.1, 0.15) is 33.6 Å². The topological polar surface area (TPSA) is 66.6 Å². The Labute approximate surface area is 91.4 Å². The second-order valence-corrected chi connectivity index (χ2v) is 5.32. The van der Waals surface area contributed by atoms with Gasteiger partial charge in [-0.3, -0.25) is 4.79 Å². The molecule has 2 atom stereocenters. The fourth-order valence-electron chi connectivity index (χ4n) is 2.21. The Morgan fingerprint density at radius 2 is 2.20 bits per heavy atom. The number of aliphatic hydroxyl groups is 1. The molecule has 0 aromatic rings. The average molecular weight is 214 g/mol. The van der Waals surface area contributed by atoms with Crippen LogP contribution in [0.25, 0.3) is 0 Å². The lowest BCUT2D eigenvalue weighted by molar-refractivity contribution is -0.133. The summed E-state index contributed by atoms with van der Waals surface area (Å²) in [6.45, 7) is 7.10. The number of carbonyl (C=O) groups excluding carboxylic acids is 1. The van der Waals surface area contributed by atoms with Crippen molar-refractivity contribution in [2.45, 2.75) is 45.7 Å². The Morgan fingerprint density at radius 1 is 1.60 bits per heavy atom. The van der Waals surface area contributed by atoms with Crippen molar-refractivity contribution >= 4 is 5.91 Å². The first-order chi connectivity index (χ1) is 6.88. The minimum Gasteiger partial charge on any atom is -0.396 e. The van der Waals surface area contributed by atoms with Crippen molar-refractivity contribution in [1.29, 1.82) is 0 Å². The summed E-state index contributed by atoms with van der Waals surface area (Å²) in [7, 11) is 0. The van der Waals surface area contributed by atoms with Crippen LogP contribution in [0.15, 0.2) is 0 Å². The number of nitrogens with two attached hydrogens (primary N) is 1. The van der Waals surface area contributed by atoms with E-state index in [2.05, 4.69) is 20.8 Å². The molecular formula is C11H22N2O2. The van der Waals surface area contributed by atoms with Crippen molar-refractivity contribution in [3.05, 3.63) is 0 Å². The molecule has 4 nitrogen and oxygen atoms in total. The Morgan fingerprint density at radius 3 is 2.53 bits per heavy atom. The van der Waals surface area contributed by atoms with Crippen LogP contribution in [-0.4, -0.2) is 41.1 Å². The van der Waals surface area contributed by atoms with Gasteiger partial charge in [0.15, 0.2) is 0 Å². The zero-order valence-corrected chi connectivity index (χ0v) is 9.86. The summed E-state index contributed by atoms with van der Waals surface area (Å²) in [6.07, 6.45) is 1.36. The van der Waals surface area contributed by atoms with Gasteiger partial charge in [-0.2, -0.15) is 0 Å². The number of nitrogens with zero attached hydrogens (tertiary/aromatic N) is 1. The Balaban J connectivity index is 2.77. The van der Waals surface area contributed by atoms with E-state index in [0.29, 0.717) is 6.42 Å². The fraction of sp³-hybridized carbons (Fsp3) is 0.909. The third-order valence-corrected chi connectivity index (χ3v) is 3.06. The van der Waals surface area contributed by atoms with Gasteiger partial charge in [0.25, 0.3) is 0 Å². The maximum absolute atomic E-state index is 11.8. The molecule has 3 N–H and O–H groups in total. The molecule has 1 amide bonds. The number of hydrogen-bond donors (Lipinski definition) is 2. The summed E-state index contributed by atoms with van der Waals surface area (Å²) in [4.78, 5) is 13.6. The minimum atomic E-state index is -0.339. The van der Waals surface area contributed by atoms with E-state index in [1.807, 2.05) is 4.90 Å². The molecule has 0 aliphatic carbocycles. The molecule has 0 saturated carbocycles. The van der Waals surface area contributed by atoms with Gasteiger partial charge < -0.3 is 15.7 Å². The third kappa shape index (κ3) is 2.69. The molecular weight excluding hydrogens is 192 g/mol. The van der Waals surface area contributed by atoms with Crippen LogP contribution < -0.4 is 5.73 Å². The number of hydrogen-bond acceptors (Lipinski definition) is 3. The predicted molar refractivity (Wildman–Crippen MR) is 59.3 cm³/mol. The van der Waals surface area contributed by atoms with Crippen LogP contribution in [0.3, 0.4) is 0 Å². The zero-order chi connectivity index (χ0) is 11.6. The molecule has 1 saturated heterocycles. The Kier molecular flexibility index (Phi) is 3.73. The van der Waals surface area contributed by atoms with E-state index >= 15 is 0 Å². The second kappa shape index (κ2) is 4.49. The molecule has 2 unspecified atom stereocenters. The van der Waals surface area contributed by atoms with Gasteiger partial charge in [-0.05, 0) is 18.3 Å². The SMILES string of the molecule is CC(C)(C)C(CCO)N1CCC(N)C1=O. The van der Waals surface area contributed by atoms with Gasteiger partial charge in [0.2, 0.25) is 5.91 Å². The Hall–Kier alpha value is -0.610. The van der Waals surface area contributed by atoms with Gasteiger partial charge in [-0.25, -0.2) is 0 Å². The quantitative estimate of drug-likeness (QED) is 0.712. The van der Waals surface area contributed by atoms with Crippen molar-refractivity contribution < 1.29 is 9.90 Å². The summed E-state index contributed by atoms with van der Waals surface area (Å²) < 4.78 is 0. The molecule has 1 aliphatic heterocycles. The molecule has 1 rings (SSSR count).